The Kier molecular flexibility index (Phi) is 5.16. The van der Waals surface area contributed by atoms with Crippen LogP contribution in [0.25, 0.3) is 0 Å². The highest BCUT2D eigenvalue weighted by Gasteiger charge is 2.44. The molecule has 1 aliphatic rings. The standard InChI is InChI=1S/C14H16F2N2OS2/c15-13(16)21-10-6-2-1-5-9(10)18-12(19)14(11(17)20)7-3-4-8-14/h1-2,5-6,13H,3-4,7-8H2,(H2,17,20)(H,18,19). The molecule has 0 spiro atoms. The predicted octanol–water partition coefficient (Wildman–Crippen LogP) is 3.79. The number of nitrogens with two attached hydrogens (primary N) is 1. The van der Waals surface area contributed by atoms with E-state index >= 15 is 0 Å². The van der Waals surface area contributed by atoms with Gasteiger partial charge in [-0.2, -0.15) is 8.78 Å². The van der Waals surface area contributed by atoms with Crippen LogP contribution in [0.5, 0.6) is 0 Å². The summed E-state index contributed by atoms with van der Waals surface area (Å²) in [6.45, 7) is 0. The van der Waals surface area contributed by atoms with Crippen molar-refractivity contribution in [3.63, 3.8) is 0 Å². The van der Waals surface area contributed by atoms with E-state index in [0.717, 1.165) is 12.8 Å². The van der Waals surface area contributed by atoms with Gasteiger partial charge in [0, 0.05) is 4.90 Å². The van der Waals surface area contributed by atoms with Crippen molar-refractivity contribution in [3.8, 4) is 0 Å². The summed E-state index contributed by atoms with van der Waals surface area (Å²) in [6, 6.07) is 6.49. The number of hydrogen-bond acceptors (Lipinski definition) is 3. The number of benzene rings is 1. The molecule has 0 saturated heterocycles. The van der Waals surface area contributed by atoms with Crippen LogP contribution in [0.1, 0.15) is 25.7 Å². The molecule has 0 atom stereocenters. The second-order valence-electron chi connectivity index (χ2n) is 4.98. The molecule has 1 amide bonds. The van der Waals surface area contributed by atoms with Crippen LogP contribution in [-0.4, -0.2) is 16.7 Å². The van der Waals surface area contributed by atoms with Gasteiger partial charge in [-0.15, -0.1) is 0 Å². The van der Waals surface area contributed by atoms with Crippen LogP contribution in [0.15, 0.2) is 29.2 Å². The fourth-order valence-electron chi connectivity index (χ4n) is 2.57. The fourth-order valence-corrected chi connectivity index (χ4v) is 3.47. The molecule has 0 radical (unpaired) electrons. The molecule has 1 fully saturated rings. The second-order valence-corrected chi connectivity index (χ2v) is 6.45. The molecular weight excluding hydrogens is 314 g/mol. The fraction of sp³-hybridized carbons (Fsp3) is 0.429. The molecular formula is C14H16F2N2OS2. The molecule has 3 nitrogen and oxygen atoms in total. The maximum atomic E-state index is 12.6. The summed E-state index contributed by atoms with van der Waals surface area (Å²) in [5.74, 6) is -2.84. The van der Waals surface area contributed by atoms with E-state index < -0.39 is 11.2 Å². The molecule has 3 N–H and O–H groups in total. The van der Waals surface area contributed by atoms with Gasteiger partial charge in [-0.25, -0.2) is 0 Å². The zero-order valence-corrected chi connectivity index (χ0v) is 12.9. The van der Waals surface area contributed by atoms with E-state index in [2.05, 4.69) is 5.32 Å². The van der Waals surface area contributed by atoms with Gasteiger partial charge >= 0.3 is 0 Å². The summed E-state index contributed by atoms with van der Waals surface area (Å²) in [7, 11) is 0. The van der Waals surface area contributed by atoms with E-state index in [4.69, 9.17) is 18.0 Å². The molecule has 0 heterocycles. The smallest absolute Gasteiger partial charge is 0.288 e. The van der Waals surface area contributed by atoms with Crippen molar-refractivity contribution in [1.82, 2.24) is 0 Å². The second kappa shape index (κ2) is 6.70. The van der Waals surface area contributed by atoms with Crippen molar-refractivity contribution in [1.29, 1.82) is 0 Å². The van der Waals surface area contributed by atoms with Crippen molar-refractivity contribution in [2.45, 2.75) is 36.3 Å². The van der Waals surface area contributed by atoms with E-state index in [1.54, 1.807) is 24.3 Å². The van der Waals surface area contributed by atoms with Crippen molar-refractivity contribution in [2.24, 2.45) is 11.1 Å². The molecule has 1 aliphatic carbocycles. The Balaban J connectivity index is 2.21. The first-order valence-electron chi connectivity index (χ1n) is 6.61. The van der Waals surface area contributed by atoms with Gasteiger partial charge in [0.25, 0.3) is 5.76 Å². The Morgan fingerprint density at radius 1 is 1.33 bits per heavy atom. The molecule has 0 bridgehead atoms. The number of para-hydroxylation sites is 1. The van der Waals surface area contributed by atoms with Crippen LogP contribution in [0.4, 0.5) is 14.5 Å². The Morgan fingerprint density at radius 3 is 2.52 bits per heavy atom. The molecule has 1 aromatic carbocycles. The summed E-state index contributed by atoms with van der Waals surface area (Å²) < 4.78 is 25.1. The van der Waals surface area contributed by atoms with Gasteiger partial charge in [-0.05, 0) is 25.0 Å². The first-order chi connectivity index (χ1) is 9.95. The number of carbonyl (C=O) groups is 1. The average Bonchev–Trinajstić information content (AvgIpc) is 2.91. The minimum Gasteiger partial charge on any atom is -0.392 e. The number of halogens is 2. The van der Waals surface area contributed by atoms with Gasteiger partial charge in [0.15, 0.2) is 0 Å². The number of rotatable bonds is 5. The molecule has 0 aromatic heterocycles. The molecule has 2 rings (SSSR count). The Morgan fingerprint density at radius 2 is 1.95 bits per heavy atom. The maximum Gasteiger partial charge on any atom is 0.288 e. The Hall–Kier alpha value is -1.21. The molecule has 1 saturated carbocycles. The van der Waals surface area contributed by atoms with Crippen molar-refractivity contribution < 1.29 is 13.6 Å². The van der Waals surface area contributed by atoms with Gasteiger partial charge in [-0.3, -0.25) is 4.79 Å². The normalized spacial score (nSPS) is 16.9. The largest absolute Gasteiger partial charge is 0.392 e. The summed E-state index contributed by atoms with van der Waals surface area (Å²) in [4.78, 5) is 13.0. The number of alkyl halides is 2. The first-order valence-corrected chi connectivity index (χ1v) is 7.90. The number of amides is 1. The van der Waals surface area contributed by atoms with E-state index in [-0.39, 0.29) is 10.9 Å². The summed E-state index contributed by atoms with van der Waals surface area (Å²) in [5.41, 5.74) is 5.27. The number of hydrogen-bond donors (Lipinski definition) is 2. The zero-order valence-electron chi connectivity index (χ0n) is 11.3. The molecule has 114 valence electrons. The third-order valence-corrected chi connectivity index (χ3v) is 4.89. The number of anilines is 1. The van der Waals surface area contributed by atoms with Crippen LogP contribution in [0.3, 0.4) is 0 Å². The average molecular weight is 330 g/mol. The third kappa shape index (κ3) is 3.52. The van der Waals surface area contributed by atoms with Crippen LogP contribution in [0.2, 0.25) is 0 Å². The van der Waals surface area contributed by atoms with Crippen LogP contribution in [0, 0.1) is 5.41 Å². The summed E-state index contributed by atoms with van der Waals surface area (Å²) in [6.07, 6.45) is 2.99. The van der Waals surface area contributed by atoms with Crippen molar-refractivity contribution >= 4 is 40.6 Å². The van der Waals surface area contributed by atoms with Gasteiger partial charge in [0.2, 0.25) is 5.91 Å². The van der Waals surface area contributed by atoms with Gasteiger partial charge in [-0.1, -0.05) is 49.0 Å². The lowest BCUT2D eigenvalue weighted by atomic mass is 9.85. The molecule has 21 heavy (non-hydrogen) atoms. The quantitative estimate of drug-likeness (QED) is 0.637. The molecule has 1 aromatic rings. The highest BCUT2D eigenvalue weighted by atomic mass is 32.2. The van der Waals surface area contributed by atoms with E-state index in [1.165, 1.54) is 0 Å². The first kappa shape index (κ1) is 16.2. The monoisotopic (exact) mass is 330 g/mol. The van der Waals surface area contributed by atoms with Crippen molar-refractivity contribution in [2.75, 3.05) is 5.32 Å². The number of carbonyl (C=O) groups excluding carboxylic acids is 1. The van der Waals surface area contributed by atoms with Crippen LogP contribution in [-0.2, 0) is 4.79 Å². The van der Waals surface area contributed by atoms with E-state index in [9.17, 15) is 13.6 Å². The van der Waals surface area contributed by atoms with E-state index in [0.29, 0.717) is 35.2 Å². The summed E-state index contributed by atoms with van der Waals surface area (Å²) >= 11 is 5.46. The lowest BCUT2D eigenvalue weighted by molar-refractivity contribution is -0.122. The lowest BCUT2D eigenvalue weighted by Crippen LogP contribution is -2.44. The molecule has 0 aliphatic heterocycles. The van der Waals surface area contributed by atoms with E-state index in [1.807, 2.05) is 0 Å². The highest BCUT2D eigenvalue weighted by Crippen LogP contribution is 2.40. The minimum absolute atomic E-state index is 0.177. The maximum absolute atomic E-state index is 12.6. The Labute approximate surface area is 131 Å². The van der Waals surface area contributed by atoms with Crippen LogP contribution >= 0.6 is 24.0 Å². The minimum atomic E-state index is -2.54. The van der Waals surface area contributed by atoms with Gasteiger partial charge in [0.1, 0.15) is 0 Å². The number of nitrogens with one attached hydrogen (secondary N) is 1. The Bertz CT molecular complexity index is 546. The highest BCUT2D eigenvalue weighted by molar-refractivity contribution is 7.99. The third-order valence-electron chi connectivity index (χ3n) is 3.71. The SMILES string of the molecule is NC(=S)C1(C(=O)Nc2ccccc2SC(F)F)CCCC1. The predicted molar refractivity (Wildman–Crippen MR) is 84.6 cm³/mol. The lowest BCUT2D eigenvalue weighted by Gasteiger charge is -2.26. The number of thioether (sulfide) groups is 1. The van der Waals surface area contributed by atoms with Crippen molar-refractivity contribution in [3.05, 3.63) is 24.3 Å². The molecule has 0 unspecified atom stereocenters. The summed E-state index contributed by atoms with van der Waals surface area (Å²) in [5, 5.41) is 2.72. The van der Waals surface area contributed by atoms with Crippen LogP contribution < -0.4 is 11.1 Å². The number of thiocarbonyl (C=S) groups is 1. The van der Waals surface area contributed by atoms with Gasteiger partial charge < -0.3 is 11.1 Å². The molecule has 7 heteroatoms. The van der Waals surface area contributed by atoms with Gasteiger partial charge in [0.05, 0.1) is 16.1 Å². The zero-order chi connectivity index (χ0) is 15.5. The topological polar surface area (TPSA) is 55.1 Å².